The van der Waals surface area contributed by atoms with E-state index in [1.807, 2.05) is 0 Å². The molecule has 0 aliphatic carbocycles. The standard InChI is InChI=1S/C11H11ClN2O2S/c12-8-1-3-9(4-2-8)16-6-5-14-10(15)7-13-11(14)17/h1-4H,5-7H2,(H,13,17). The average Bonchev–Trinajstić information content (AvgIpc) is 2.63. The molecule has 1 aliphatic rings. The molecule has 0 unspecified atom stereocenters. The molecule has 17 heavy (non-hydrogen) atoms. The normalized spacial score (nSPS) is 15.0. The Morgan fingerprint density at radius 1 is 1.41 bits per heavy atom. The second-order valence-corrected chi connectivity index (χ2v) is 4.33. The van der Waals surface area contributed by atoms with Crippen molar-refractivity contribution in [1.82, 2.24) is 10.2 Å². The minimum atomic E-state index is -0.0188. The topological polar surface area (TPSA) is 41.6 Å². The van der Waals surface area contributed by atoms with E-state index in [4.69, 9.17) is 28.6 Å². The highest BCUT2D eigenvalue weighted by Gasteiger charge is 2.24. The summed E-state index contributed by atoms with van der Waals surface area (Å²) in [6.45, 7) is 1.13. The van der Waals surface area contributed by atoms with Gasteiger partial charge in [-0.15, -0.1) is 0 Å². The van der Waals surface area contributed by atoms with E-state index in [0.29, 0.717) is 23.3 Å². The molecule has 2 rings (SSSR count). The van der Waals surface area contributed by atoms with Gasteiger partial charge in [0.05, 0.1) is 13.1 Å². The lowest BCUT2D eigenvalue weighted by Crippen LogP contribution is -2.34. The van der Waals surface area contributed by atoms with Crippen LogP contribution in [0.25, 0.3) is 0 Å². The molecular formula is C11H11ClN2O2S. The first kappa shape index (κ1) is 12.1. The summed E-state index contributed by atoms with van der Waals surface area (Å²) in [5.74, 6) is 0.703. The summed E-state index contributed by atoms with van der Waals surface area (Å²) in [5.41, 5.74) is 0. The SMILES string of the molecule is O=C1CNC(=S)N1CCOc1ccc(Cl)cc1. The number of thiocarbonyl (C=S) groups is 1. The van der Waals surface area contributed by atoms with Gasteiger partial charge in [0.1, 0.15) is 12.4 Å². The van der Waals surface area contributed by atoms with Crippen LogP contribution in [0.1, 0.15) is 0 Å². The maximum absolute atomic E-state index is 11.4. The molecular weight excluding hydrogens is 260 g/mol. The highest BCUT2D eigenvalue weighted by atomic mass is 35.5. The van der Waals surface area contributed by atoms with Crippen LogP contribution in [-0.4, -0.2) is 35.6 Å². The Bertz CT molecular complexity index is 420. The van der Waals surface area contributed by atoms with Crippen molar-refractivity contribution in [2.24, 2.45) is 0 Å². The van der Waals surface area contributed by atoms with Gasteiger partial charge >= 0.3 is 0 Å². The van der Waals surface area contributed by atoms with Crippen LogP contribution in [0.4, 0.5) is 0 Å². The summed E-state index contributed by atoms with van der Waals surface area (Å²) in [4.78, 5) is 12.9. The molecule has 1 heterocycles. The molecule has 4 nitrogen and oxygen atoms in total. The fourth-order valence-corrected chi connectivity index (χ4v) is 1.86. The van der Waals surface area contributed by atoms with Gasteiger partial charge < -0.3 is 10.1 Å². The highest BCUT2D eigenvalue weighted by molar-refractivity contribution is 7.80. The number of amides is 1. The van der Waals surface area contributed by atoms with Crippen molar-refractivity contribution in [2.75, 3.05) is 19.7 Å². The molecule has 1 saturated heterocycles. The number of hydrogen-bond donors (Lipinski definition) is 1. The molecule has 6 heteroatoms. The van der Waals surface area contributed by atoms with Crippen LogP contribution in [0.15, 0.2) is 24.3 Å². The van der Waals surface area contributed by atoms with Crippen LogP contribution in [0, 0.1) is 0 Å². The molecule has 1 amide bonds. The van der Waals surface area contributed by atoms with E-state index in [1.54, 1.807) is 24.3 Å². The molecule has 0 aromatic heterocycles. The van der Waals surface area contributed by atoms with E-state index in [1.165, 1.54) is 4.90 Å². The molecule has 1 aromatic carbocycles. The Balaban J connectivity index is 1.81. The number of benzene rings is 1. The Morgan fingerprint density at radius 3 is 2.71 bits per heavy atom. The molecule has 1 fully saturated rings. The summed E-state index contributed by atoms with van der Waals surface area (Å²) in [6, 6.07) is 7.07. The van der Waals surface area contributed by atoms with Crippen molar-refractivity contribution in [2.45, 2.75) is 0 Å². The van der Waals surface area contributed by atoms with E-state index >= 15 is 0 Å². The minimum Gasteiger partial charge on any atom is -0.492 e. The number of ether oxygens (including phenoxy) is 1. The summed E-state index contributed by atoms with van der Waals surface area (Å²) in [7, 11) is 0. The number of carbonyl (C=O) groups excluding carboxylic acids is 1. The molecule has 0 atom stereocenters. The van der Waals surface area contributed by atoms with Crippen molar-refractivity contribution >= 4 is 34.8 Å². The largest absolute Gasteiger partial charge is 0.492 e. The first-order valence-corrected chi connectivity index (χ1v) is 5.92. The van der Waals surface area contributed by atoms with Gasteiger partial charge in [0.25, 0.3) is 0 Å². The van der Waals surface area contributed by atoms with E-state index in [0.717, 1.165) is 5.75 Å². The van der Waals surface area contributed by atoms with Gasteiger partial charge in [-0.25, -0.2) is 0 Å². The number of halogens is 1. The van der Waals surface area contributed by atoms with Crippen LogP contribution in [-0.2, 0) is 4.79 Å². The van der Waals surface area contributed by atoms with Gasteiger partial charge in [0, 0.05) is 5.02 Å². The molecule has 0 radical (unpaired) electrons. The van der Waals surface area contributed by atoms with E-state index in [2.05, 4.69) is 5.32 Å². The van der Waals surface area contributed by atoms with Gasteiger partial charge in [-0.3, -0.25) is 9.69 Å². The van der Waals surface area contributed by atoms with Crippen LogP contribution in [0.3, 0.4) is 0 Å². The summed E-state index contributed by atoms with van der Waals surface area (Å²) < 4.78 is 5.48. The van der Waals surface area contributed by atoms with E-state index in [9.17, 15) is 4.79 Å². The van der Waals surface area contributed by atoms with Crippen molar-refractivity contribution < 1.29 is 9.53 Å². The molecule has 1 aromatic rings. The second-order valence-electron chi connectivity index (χ2n) is 3.51. The molecule has 0 saturated carbocycles. The van der Waals surface area contributed by atoms with Crippen LogP contribution < -0.4 is 10.1 Å². The van der Waals surface area contributed by atoms with Crippen LogP contribution in [0.2, 0.25) is 5.02 Å². The molecule has 0 spiro atoms. The third-order valence-corrected chi connectivity index (χ3v) is 2.95. The molecule has 0 bridgehead atoms. The lowest BCUT2D eigenvalue weighted by molar-refractivity contribution is -0.124. The zero-order valence-corrected chi connectivity index (χ0v) is 10.6. The van der Waals surface area contributed by atoms with Gasteiger partial charge in [-0.05, 0) is 36.5 Å². The lowest BCUT2D eigenvalue weighted by Gasteiger charge is -2.14. The van der Waals surface area contributed by atoms with Crippen molar-refractivity contribution in [3.05, 3.63) is 29.3 Å². The Morgan fingerprint density at radius 2 is 2.12 bits per heavy atom. The first-order chi connectivity index (χ1) is 8.16. The van der Waals surface area contributed by atoms with Gasteiger partial charge in [0.2, 0.25) is 5.91 Å². The van der Waals surface area contributed by atoms with Crippen molar-refractivity contribution in [1.29, 1.82) is 0 Å². The highest BCUT2D eigenvalue weighted by Crippen LogP contribution is 2.15. The zero-order chi connectivity index (χ0) is 12.3. The molecule has 1 aliphatic heterocycles. The first-order valence-electron chi connectivity index (χ1n) is 5.13. The summed E-state index contributed by atoms with van der Waals surface area (Å²) >= 11 is 10.7. The number of rotatable bonds is 4. The molecule has 1 N–H and O–H groups in total. The third kappa shape index (κ3) is 3.08. The monoisotopic (exact) mass is 270 g/mol. The Labute approximate surface area is 109 Å². The van der Waals surface area contributed by atoms with Gasteiger partial charge in [-0.1, -0.05) is 11.6 Å². The van der Waals surface area contributed by atoms with E-state index in [-0.39, 0.29) is 12.5 Å². The number of carbonyl (C=O) groups is 1. The Kier molecular flexibility index (Phi) is 3.81. The Hall–Kier alpha value is -1.33. The number of nitrogens with one attached hydrogen (secondary N) is 1. The number of nitrogens with zero attached hydrogens (tertiary/aromatic N) is 1. The summed E-state index contributed by atoms with van der Waals surface area (Å²) in [5, 5.41) is 3.94. The number of hydrogen-bond acceptors (Lipinski definition) is 3. The quantitative estimate of drug-likeness (QED) is 0.841. The average molecular weight is 271 g/mol. The zero-order valence-electron chi connectivity index (χ0n) is 8.98. The van der Waals surface area contributed by atoms with Gasteiger partial charge in [-0.2, -0.15) is 0 Å². The fraction of sp³-hybridized carbons (Fsp3) is 0.273. The smallest absolute Gasteiger partial charge is 0.248 e. The van der Waals surface area contributed by atoms with Crippen molar-refractivity contribution in [3.63, 3.8) is 0 Å². The maximum atomic E-state index is 11.4. The van der Waals surface area contributed by atoms with Crippen LogP contribution >= 0.6 is 23.8 Å². The third-order valence-electron chi connectivity index (χ3n) is 2.33. The van der Waals surface area contributed by atoms with Crippen molar-refractivity contribution in [3.8, 4) is 5.75 Å². The van der Waals surface area contributed by atoms with Gasteiger partial charge in [0.15, 0.2) is 5.11 Å². The van der Waals surface area contributed by atoms with Crippen LogP contribution in [0.5, 0.6) is 5.75 Å². The predicted octanol–water partition coefficient (Wildman–Crippen LogP) is 1.44. The maximum Gasteiger partial charge on any atom is 0.248 e. The fourth-order valence-electron chi connectivity index (χ4n) is 1.47. The lowest BCUT2D eigenvalue weighted by atomic mass is 10.3. The summed E-state index contributed by atoms with van der Waals surface area (Å²) in [6.07, 6.45) is 0. The second kappa shape index (κ2) is 5.33. The predicted molar refractivity (Wildman–Crippen MR) is 69.3 cm³/mol. The minimum absolute atomic E-state index is 0.0188. The molecule has 90 valence electrons. The van der Waals surface area contributed by atoms with E-state index < -0.39 is 0 Å².